The summed E-state index contributed by atoms with van der Waals surface area (Å²) in [5, 5.41) is 12.3. The molecule has 0 atom stereocenters. The highest BCUT2D eigenvalue weighted by atomic mass is 79.9. The van der Waals surface area contributed by atoms with Crippen LogP contribution in [0.4, 0.5) is 14.5 Å². The molecule has 0 aliphatic carbocycles. The van der Waals surface area contributed by atoms with Crippen molar-refractivity contribution in [3.8, 4) is 0 Å². The first-order chi connectivity index (χ1) is 10.1. The van der Waals surface area contributed by atoms with Crippen LogP contribution in [-0.2, 0) is 11.3 Å². The fourth-order valence-corrected chi connectivity index (χ4v) is 2.32. The summed E-state index contributed by atoms with van der Waals surface area (Å²) in [5.74, 6) is 0. The molecule has 4 nitrogen and oxygen atoms in total. The predicted molar refractivity (Wildman–Crippen MR) is 83.0 cm³/mol. The summed E-state index contributed by atoms with van der Waals surface area (Å²) in [5.41, 5.74) is 1.60. The summed E-state index contributed by atoms with van der Waals surface area (Å²) in [6.07, 6.45) is -2.45. The van der Waals surface area contributed by atoms with Crippen LogP contribution in [0.5, 0.6) is 0 Å². The molecule has 0 saturated carbocycles. The van der Waals surface area contributed by atoms with E-state index in [4.69, 9.17) is 9.84 Å². The lowest BCUT2D eigenvalue weighted by Crippen LogP contribution is -2.33. The molecular formula is C14H21BrF2N2O2. The minimum atomic E-state index is -2.45. The Morgan fingerprint density at radius 3 is 2.81 bits per heavy atom. The molecule has 0 aromatic heterocycles. The molecule has 0 heterocycles. The standard InChI is InChI=1S/C14H21BrF2N2O2/c1-21-7-4-18-9-11-2-3-12(15)8-13(11)19(5-6-20)10-14(16)17/h2-3,8,14,18,20H,4-7,9-10H2,1H3. The zero-order valence-electron chi connectivity index (χ0n) is 12.0. The van der Waals surface area contributed by atoms with Gasteiger partial charge in [0.25, 0.3) is 6.43 Å². The van der Waals surface area contributed by atoms with E-state index in [1.165, 1.54) is 4.90 Å². The first-order valence-electron chi connectivity index (χ1n) is 6.70. The van der Waals surface area contributed by atoms with Crippen LogP contribution in [0.3, 0.4) is 0 Å². The average molecular weight is 367 g/mol. The largest absolute Gasteiger partial charge is 0.395 e. The van der Waals surface area contributed by atoms with Gasteiger partial charge in [-0.2, -0.15) is 0 Å². The van der Waals surface area contributed by atoms with Gasteiger partial charge in [-0.25, -0.2) is 8.78 Å². The van der Waals surface area contributed by atoms with Crippen LogP contribution in [0.2, 0.25) is 0 Å². The van der Waals surface area contributed by atoms with E-state index in [1.807, 2.05) is 12.1 Å². The Hall–Kier alpha value is -0.760. The summed E-state index contributed by atoms with van der Waals surface area (Å²) in [6.45, 7) is 1.42. The van der Waals surface area contributed by atoms with Crippen LogP contribution in [0.25, 0.3) is 0 Å². The molecule has 0 fully saturated rings. The van der Waals surface area contributed by atoms with E-state index < -0.39 is 13.0 Å². The molecule has 1 rings (SSSR count). The molecule has 1 aromatic rings. The van der Waals surface area contributed by atoms with E-state index in [2.05, 4.69) is 21.2 Å². The Balaban J connectivity index is 2.86. The van der Waals surface area contributed by atoms with Crippen molar-refractivity contribution in [1.82, 2.24) is 5.32 Å². The molecule has 1 aromatic carbocycles. The summed E-state index contributed by atoms with van der Waals surface area (Å²) in [4.78, 5) is 1.50. The minimum absolute atomic E-state index is 0.171. The molecule has 2 N–H and O–H groups in total. The second-order valence-electron chi connectivity index (χ2n) is 4.50. The van der Waals surface area contributed by atoms with E-state index in [9.17, 15) is 8.78 Å². The number of nitrogens with zero attached hydrogens (tertiary/aromatic N) is 1. The van der Waals surface area contributed by atoms with Crippen LogP contribution in [-0.4, -0.2) is 51.5 Å². The third kappa shape index (κ3) is 6.69. The van der Waals surface area contributed by atoms with Gasteiger partial charge in [0, 0.05) is 36.9 Å². The molecular weight excluding hydrogens is 346 g/mol. The Labute approximate surface area is 132 Å². The number of rotatable bonds is 10. The van der Waals surface area contributed by atoms with E-state index in [0.717, 1.165) is 10.0 Å². The van der Waals surface area contributed by atoms with Gasteiger partial charge in [-0.1, -0.05) is 22.0 Å². The predicted octanol–water partition coefficient (Wildman–Crippen LogP) is 2.25. The number of nitrogens with one attached hydrogen (secondary N) is 1. The first-order valence-corrected chi connectivity index (χ1v) is 7.49. The molecule has 7 heteroatoms. The Morgan fingerprint density at radius 2 is 2.19 bits per heavy atom. The van der Waals surface area contributed by atoms with Gasteiger partial charge in [-0.15, -0.1) is 0 Å². The number of benzene rings is 1. The van der Waals surface area contributed by atoms with Gasteiger partial charge < -0.3 is 20.1 Å². The van der Waals surface area contributed by atoms with Crippen LogP contribution >= 0.6 is 15.9 Å². The number of halogens is 3. The molecule has 0 amide bonds. The van der Waals surface area contributed by atoms with Crippen LogP contribution in [0.1, 0.15) is 5.56 Å². The SMILES string of the molecule is COCCNCc1ccc(Br)cc1N(CCO)CC(F)F. The average Bonchev–Trinajstić information content (AvgIpc) is 2.44. The third-order valence-electron chi connectivity index (χ3n) is 2.91. The number of hydrogen-bond donors (Lipinski definition) is 2. The van der Waals surface area contributed by atoms with Gasteiger partial charge in [-0.05, 0) is 17.7 Å². The van der Waals surface area contributed by atoms with Crippen LogP contribution in [0.15, 0.2) is 22.7 Å². The molecule has 0 saturated heterocycles. The lowest BCUT2D eigenvalue weighted by atomic mass is 10.1. The fraction of sp³-hybridized carbons (Fsp3) is 0.571. The zero-order valence-corrected chi connectivity index (χ0v) is 13.6. The van der Waals surface area contributed by atoms with Gasteiger partial charge in [-0.3, -0.25) is 0 Å². The fourth-order valence-electron chi connectivity index (χ4n) is 1.98. The van der Waals surface area contributed by atoms with Crippen molar-refractivity contribution in [2.45, 2.75) is 13.0 Å². The number of ether oxygens (including phenoxy) is 1. The summed E-state index contributed by atoms with van der Waals surface area (Å²) in [7, 11) is 1.62. The number of aliphatic hydroxyl groups excluding tert-OH is 1. The molecule has 0 bridgehead atoms. The molecule has 0 aliphatic rings. The molecule has 21 heavy (non-hydrogen) atoms. The van der Waals surface area contributed by atoms with E-state index in [-0.39, 0.29) is 13.2 Å². The van der Waals surface area contributed by atoms with Crippen molar-refractivity contribution >= 4 is 21.6 Å². The highest BCUT2D eigenvalue weighted by molar-refractivity contribution is 9.10. The minimum Gasteiger partial charge on any atom is -0.395 e. The van der Waals surface area contributed by atoms with E-state index in [0.29, 0.717) is 25.4 Å². The highest BCUT2D eigenvalue weighted by Crippen LogP contribution is 2.26. The quantitative estimate of drug-likeness (QED) is 0.623. The Morgan fingerprint density at radius 1 is 1.43 bits per heavy atom. The molecule has 0 unspecified atom stereocenters. The van der Waals surface area contributed by atoms with Crippen molar-refractivity contribution in [3.63, 3.8) is 0 Å². The summed E-state index contributed by atoms with van der Waals surface area (Å²) < 4.78 is 31.2. The van der Waals surface area contributed by atoms with Crippen molar-refractivity contribution in [2.75, 3.05) is 44.9 Å². The molecule has 0 spiro atoms. The second-order valence-corrected chi connectivity index (χ2v) is 5.42. The van der Waals surface area contributed by atoms with Gasteiger partial charge in [0.05, 0.1) is 19.8 Å². The Kier molecular flexibility index (Phi) is 8.75. The lowest BCUT2D eigenvalue weighted by molar-refractivity contribution is 0.152. The number of methoxy groups -OCH3 is 1. The maximum absolute atomic E-state index is 12.7. The smallest absolute Gasteiger partial charge is 0.255 e. The molecule has 0 radical (unpaired) electrons. The third-order valence-corrected chi connectivity index (χ3v) is 3.41. The number of hydrogen-bond acceptors (Lipinski definition) is 4. The van der Waals surface area contributed by atoms with Crippen molar-refractivity contribution in [1.29, 1.82) is 0 Å². The monoisotopic (exact) mass is 366 g/mol. The van der Waals surface area contributed by atoms with Crippen LogP contribution < -0.4 is 10.2 Å². The van der Waals surface area contributed by atoms with Gasteiger partial charge in [0.15, 0.2) is 0 Å². The summed E-state index contributed by atoms with van der Waals surface area (Å²) >= 11 is 3.36. The first kappa shape index (κ1) is 18.3. The number of anilines is 1. The number of alkyl halides is 2. The molecule has 120 valence electrons. The van der Waals surface area contributed by atoms with E-state index >= 15 is 0 Å². The molecule has 0 aliphatic heterocycles. The Bertz CT molecular complexity index is 422. The van der Waals surface area contributed by atoms with Gasteiger partial charge in [0.1, 0.15) is 0 Å². The topological polar surface area (TPSA) is 44.7 Å². The van der Waals surface area contributed by atoms with E-state index in [1.54, 1.807) is 13.2 Å². The lowest BCUT2D eigenvalue weighted by Gasteiger charge is -2.26. The second kappa shape index (κ2) is 10.0. The van der Waals surface area contributed by atoms with Gasteiger partial charge >= 0.3 is 0 Å². The van der Waals surface area contributed by atoms with Crippen molar-refractivity contribution in [2.24, 2.45) is 0 Å². The maximum Gasteiger partial charge on any atom is 0.255 e. The van der Waals surface area contributed by atoms with Gasteiger partial charge in [0.2, 0.25) is 0 Å². The summed E-state index contributed by atoms with van der Waals surface area (Å²) in [6, 6.07) is 5.55. The number of aliphatic hydroxyl groups is 1. The normalized spacial score (nSPS) is 11.1. The zero-order chi connectivity index (χ0) is 15.7. The van der Waals surface area contributed by atoms with Crippen LogP contribution in [0, 0.1) is 0 Å². The van der Waals surface area contributed by atoms with Crippen molar-refractivity contribution < 1.29 is 18.6 Å². The maximum atomic E-state index is 12.7. The van der Waals surface area contributed by atoms with Crippen molar-refractivity contribution in [3.05, 3.63) is 28.2 Å². The highest BCUT2D eigenvalue weighted by Gasteiger charge is 2.16.